The van der Waals surface area contributed by atoms with Crippen LogP contribution in [0.25, 0.3) is 10.9 Å². The Kier molecular flexibility index (Phi) is 3.08. The fourth-order valence-electron chi connectivity index (χ4n) is 1.65. The van der Waals surface area contributed by atoms with E-state index in [-0.39, 0.29) is 5.97 Å². The van der Waals surface area contributed by atoms with E-state index < -0.39 is 0 Å². The number of aromatic amines is 1. The average molecular weight is 347 g/mol. The van der Waals surface area contributed by atoms with Crippen molar-refractivity contribution in [1.29, 1.82) is 0 Å². The Morgan fingerprint density at radius 1 is 1.38 bits per heavy atom. The van der Waals surface area contributed by atoms with Crippen LogP contribution in [-0.4, -0.2) is 18.1 Å². The normalized spacial score (nSPS) is 10.8. The van der Waals surface area contributed by atoms with Crippen molar-refractivity contribution in [2.24, 2.45) is 0 Å². The molecule has 0 atom stereocenters. The molecule has 1 N–H and O–H groups in total. The number of aromatic nitrogens is 1. The second kappa shape index (κ2) is 4.22. The molecule has 1 heterocycles. The average Bonchev–Trinajstić information content (AvgIpc) is 2.70. The number of aryl methyl sites for hydroxylation is 1. The van der Waals surface area contributed by atoms with Crippen LogP contribution >= 0.6 is 31.9 Å². The van der Waals surface area contributed by atoms with Crippen LogP contribution in [0, 0.1) is 6.92 Å². The zero-order chi connectivity index (χ0) is 11.9. The van der Waals surface area contributed by atoms with Gasteiger partial charge in [0.15, 0.2) is 0 Å². The van der Waals surface area contributed by atoms with E-state index >= 15 is 0 Å². The number of carbonyl (C=O) groups excluding carboxylic acids is 1. The lowest BCUT2D eigenvalue weighted by atomic mass is 10.1. The van der Waals surface area contributed by atoms with Crippen molar-refractivity contribution < 1.29 is 9.53 Å². The van der Waals surface area contributed by atoms with Crippen molar-refractivity contribution in [1.82, 2.24) is 4.98 Å². The summed E-state index contributed by atoms with van der Waals surface area (Å²) in [5.41, 5.74) is 2.54. The number of hydrogen-bond donors (Lipinski definition) is 1. The van der Waals surface area contributed by atoms with E-state index in [1.807, 2.05) is 13.0 Å². The summed E-state index contributed by atoms with van der Waals surface area (Å²) in [6.45, 7) is 1.98. The fraction of sp³-hybridized carbons (Fsp3) is 0.182. The fourth-order valence-corrected chi connectivity index (χ4v) is 3.02. The lowest BCUT2D eigenvalue weighted by Crippen LogP contribution is -1.99. The second-order valence-corrected chi connectivity index (χ2v) is 5.12. The summed E-state index contributed by atoms with van der Waals surface area (Å²) in [6.07, 6.45) is 1.67. The van der Waals surface area contributed by atoms with Gasteiger partial charge in [-0.15, -0.1) is 0 Å². The van der Waals surface area contributed by atoms with Gasteiger partial charge in [0.1, 0.15) is 0 Å². The van der Waals surface area contributed by atoms with Gasteiger partial charge < -0.3 is 9.72 Å². The van der Waals surface area contributed by atoms with E-state index in [1.54, 1.807) is 6.20 Å². The first-order valence-electron chi connectivity index (χ1n) is 4.60. The maximum atomic E-state index is 11.6. The molecule has 2 rings (SSSR count). The molecule has 0 amide bonds. The van der Waals surface area contributed by atoms with E-state index in [1.165, 1.54) is 7.11 Å². The number of rotatable bonds is 1. The molecule has 0 spiro atoms. The Labute approximate surface area is 109 Å². The highest BCUT2D eigenvalue weighted by atomic mass is 79.9. The highest BCUT2D eigenvalue weighted by Crippen LogP contribution is 2.34. The zero-order valence-corrected chi connectivity index (χ0v) is 11.9. The third-order valence-electron chi connectivity index (χ3n) is 2.51. The van der Waals surface area contributed by atoms with E-state index in [0.717, 1.165) is 25.4 Å². The summed E-state index contributed by atoms with van der Waals surface area (Å²) in [5.74, 6) is -0.339. The monoisotopic (exact) mass is 345 g/mol. The van der Waals surface area contributed by atoms with Crippen molar-refractivity contribution in [3.8, 4) is 0 Å². The molecule has 0 fully saturated rings. The lowest BCUT2D eigenvalue weighted by molar-refractivity contribution is 0.0603. The number of benzene rings is 1. The van der Waals surface area contributed by atoms with Gasteiger partial charge in [-0.25, -0.2) is 4.79 Å². The minimum absolute atomic E-state index is 0.339. The lowest BCUT2D eigenvalue weighted by Gasteiger charge is -2.04. The minimum atomic E-state index is -0.339. The molecule has 0 saturated heterocycles. The van der Waals surface area contributed by atoms with Gasteiger partial charge in [0.05, 0.1) is 18.2 Å². The van der Waals surface area contributed by atoms with Crippen molar-refractivity contribution in [3.05, 3.63) is 32.3 Å². The maximum absolute atomic E-state index is 11.6. The summed E-state index contributed by atoms with van der Waals surface area (Å²) < 4.78 is 6.59. The van der Waals surface area contributed by atoms with Crippen LogP contribution in [0.15, 0.2) is 21.2 Å². The zero-order valence-electron chi connectivity index (χ0n) is 8.73. The molecule has 1 aromatic heterocycles. The van der Waals surface area contributed by atoms with Crippen LogP contribution in [0.5, 0.6) is 0 Å². The predicted octanol–water partition coefficient (Wildman–Crippen LogP) is 3.79. The molecular weight excluding hydrogens is 338 g/mol. The molecule has 0 aliphatic rings. The van der Waals surface area contributed by atoms with Crippen LogP contribution < -0.4 is 0 Å². The van der Waals surface area contributed by atoms with Crippen molar-refractivity contribution in [2.75, 3.05) is 7.11 Å². The predicted molar refractivity (Wildman–Crippen MR) is 69.8 cm³/mol. The van der Waals surface area contributed by atoms with Crippen molar-refractivity contribution in [3.63, 3.8) is 0 Å². The van der Waals surface area contributed by atoms with Gasteiger partial charge in [-0.1, -0.05) is 31.9 Å². The standard InChI is InChI=1S/C11H9Br2NO2/c1-5-7(12)3-8(13)9-6(11(15)16-2)4-14-10(5)9/h3-4,14H,1-2H3. The third-order valence-corrected chi connectivity index (χ3v) is 3.96. The van der Waals surface area contributed by atoms with Crippen LogP contribution in [0.4, 0.5) is 0 Å². The molecule has 0 unspecified atom stereocenters. The van der Waals surface area contributed by atoms with Gasteiger partial charge in [-0.05, 0) is 18.6 Å². The van der Waals surface area contributed by atoms with E-state index in [2.05, 4.69) is 36.8 Å². The smallest absolute Gasteiger partial charge is 0.340 e. The summed E-state index contributed by atoms with van der Waals surface area (Å²) >= 11 is 6.92. The molecule has 0 radical (unpaired) electrons. The van der Waals surface area contributed by atoms with Gasteiger partial charge in [0.25, 0.3) is 0 Å². The number of methoxy groups -OCH3 is 1. The van der Waals surface area contributed by atoms with Crippen molar-refractivity contribution in [2.45, 2.75) is 6.92 Å². The van der Waals surface area contributed by atoms with Crippen LogP contribution in [-0.2, 0) is 4.74 Å². The first-order chi connectivity index (χ1) is 7.56. The third kappa shape index (κ3) is 1.68. The number of ether oxygens (including phenoxy) is 1. The van der Waals surface area contributed by atoms with E-state index in [9.17, 15) is 4.79 Å². The Balaban J connectivity index is 2.82. The quantitative estimate of drug-likeness (QED) is 0.798. The number of halogens is 2. The van der Waals surface area contributed by atoms with Gasteiger partial charge in [-0.3, -0.25) is 0 Å². The number of carbonyl (C=O) groups is 1. The summed E-state index contributed by atoms with van der Waals surface area (Å²) in [4.78, 5) is 14.7. The summed E-state index contributed by atoms with van der Waals surface area (Å²) in [5, 5.41) is 0.854. The molecule has 3 nitrogen and oxygen atoms in total. The first-order valence-corrected chi connectivity index (χ1v) is 6.19. The number of hydrogen-bond acceptors (Lipinski definition) is 2. The second-order valence-electron chi connectivity index (χ2n) is 3.41. The first kappa shape index (κ1) is 11.7. The summed E-state index contributed by atoms with van der Waals surface area (Å²) in [6, 6.07) is 1.93. The number of nitrogens with one attached hydrogen (secondary N) is 1. The number of H-pyrrole nitrogens is 1. The highest BCUT2D eigenvalue weighted by molar-refractivity contribution is 9.11. The SMILES string of the molecule is COC(=O)c1c[nH]c2c(C)c(Br)cc(Br)c12. The minimum Gasteiger partial charge on any atom is -0.465 e. The van der Waals surface area contributed by atoms with E-state index in [0.29, 0.717) is 5.56 Å². The molecular formula is C11H9Br2NO2. The molecule has 0 saturated carbocycles. The van der Waals surface area contributed by atoms with Crippen LogP contribution in [0.2, 0.25) is 0 Å². The van der Waals surface area contributed by atoms with E-state index in [4.69, 9.17) is 4.74 Å². The number of fused-ring (bicyclic) bond motifs is 1. The number of esters is 1. The van der Waals surface area contributed by atoms with Gasteiger partial charge >= 0.3 is 5.97 Å². The molecule has 84 valence electrons. The van der Waals surface area contributed by atoms with Crippen LogP contribution in [0.1, 0.15) is 15.9 Å². The molecule has 0 bridgehead atoms. The van der Waals surface area contributed by atoms with Crippen molar-refractivity contribution >= 4 is 48.7 Å². The topological polar surface area (TPSA) is 42.1 Å². The molecule has 5 heteroatoms. The summed E-state index contributed by atoms with van der Waals surface area (Å²) in [7, 11) is 1.38. The Bertz CT molecular complexity index is 575. The Morgan fingerprint density at radius 2 is 2.06 bits per heavy atom. The molecule has 0 aliphatic carbocycles. The van der Waals surface area contributed by atoms with Gasteiger partial charge in [-0.2, -0.15) is 0 Å². The molecule has 1 aromatic carbocycles. The van der Waals surface area contributed by atoms with Crippen LogP contribution in [0.3, 0.4) is 0 Å². The largest absolute Gasteiger partial charge is 0.465 e. The van der Waals surface area contributed by atoms with Gasteiger partial charge in [0, 0.05) is 20.5 Å². The Hall–Kier alpha value is -0.810. The molecule has 2 aromatic rings. The Morgan fingerprint density at radius 3 is 2.69 bits per heavy atom. The molecule has 0 aliphatic heterocycles. The molecule has 16 heavy (non-hydrogen) atoms. The maximum Gasteiger partial charge on any atom is 0.340 e. The highest BCUT2D eigenvalue weighted by Gasteiger charge is 2.17. The van der Waals surface area contributed by atoms with Gasteiger partial charge in [0.2, 0.25) is 0 Å².